The molecule has 0 aromatic heterocycles. The van der Waals surface area contributed by atoms with E-state index in [1.165, 1.54) is 32.7 Å². The molecule has 0 fully saturated rings. The van der Waals surface area contributed by atoms with Crippen molar-refractivity contribution in [2.75, 3.05) is 13.1 Å². The Bertz CT molecular complexity index is 1300. The first kappa shape index (κ1) is 23.8. The zero-order valence-electron chi connectivity index (χ0n) is 19.2. The number of benzene rings is 4. The van der Waals surface area contributed by atoms with Crippen LogP contribution >= 0.6 is 0 Å². The fourth-order valence-electron chi connectivity index (χ4n) is 4.71. The number of fused-ring (bicyclic) bond motifs is 2. The summed E-state index contributed by atoms with van der Waals surface area (Å²) >= 11 is 0. The second-order valence-corrected chi connectivity index (χ2v) is 8.57. The molecule has 2 nitrogen and oxygen atoms in total. The van der Waals surface area contributed by atoms with Crippen molar-refractivity contribution in [1.29, 1.82) is 0 Å². The maximum absolute atomic E-state index is 9.75. The van der Waals surface area contributed by atoms with E-state index in [1.807, 2.05) is 0 Å². The molecule has 0 aliphatic carbocycles. The Morgan fingerprint density at radius 3 is 1.76 bits per heavy atom. The number of hydrogen-bond acceptors (Lipinski definition) is 1. The first-order valence-electron chi connectivity index (χ1n) is 11.4. The average molecular weight is 466 g/mol. The molecule has 4 aromatic rings. The highest BCUT2D eigenvalue weighted by molar-refractivity contribution is 6.50. The Balaban J connectivity index is 0.000000499. The van der Waals surface area contributed by atoms with E-state index in [-0.39, 0.29) is 0 Å². The third-order valence-electron chi connectivity index (χ3n) is 6.45. The van der Waals surface area contributed by atoms with Gasteiger partial charge in [0.05, 0.1) is 0 Å². The van der Waals surface area contributed by atoms with Crippen molar-refractivity contribution in [2.45, 2.75) is 25.9 Å². The van der Waals surface area contributed by atoms with E-state index in [0.29, 0.717) is 12.1 Å². The monoisotopic (exact) mass is 466 g/mol. The van der Waals surface area contributed by atoms with Gasteiger partial charge in [-0.1, -0.05) is 84.9 Å². The maximum atomic E-state index is 9.75. The van der Waals surface area contributed by atoms with Gasteiger partial charge in [-0.3, -0.25) is 9.48 Å². The van der Waals surface area contributed by atoms with Gasteiger partial charge in [0.25, 0.3) is 0 Å². The van der Waals surface area contributed by atoms with Gasteiger partial charge in [-0.2, -0.15) is 0 Å². The summed E-state index contributed by atoms with van der Waals surface area (Å²) < 4.78 is 41.5. The summed E-state index contributed by atoms with van der Waals surface area (Å²) in [5.74, 6) is 0. The second kappa shape index (κ2) is 9.88. The van der Waals surface area contributed by atoms with Gasteiger partial charge < -0.3 is 17.3 Å². The normalized spacial score (nSPS) is 15.6. The van der Waals surface area contributed by atoms with E-state index < -0.39 is 7.25 Å². The molecule has 7 heteroatoms. The third-order valence-corrected chi connectivity index (χ3v) is 6.45. The molecule has 176 valence electrons. The Morgan fingerprint density at radius 2 is 1.18 bits per heavy atom. The minimum absolute atomic E-state index is 0.353. The first-order valence-corrected chi connectivity index (χ1v) is 11.4. The smallest absolute Gasteiger partial charge is 0.418 e. The van der Waals surface area contributed by atoms with Crippen LogP contribution in [0.1, 0.15) is 37.1 Å². The van der Waals surface area contributed by atoms with Crippen LogP contribution in [0.15, 0.2) is 84.9 Å². The Morgan fingerprint density at radius 1 is 0.706 bits per heavy atom. The highest BCUT2D eigenvalue weighted by Gasteiger charge is 2.29. The zero-order valence-corrected chi connectivity index (χ0v) is 19.2. The van der Waals surface area contributed by atoms with Gasteiger partial charge in [0, 0.05) is 11.1 Å². The predicted molar refractivity (Wildman–Crippen MR) is 133 cm³/mol. The molecule has 0 unspecified atom stereocenters. The van der Waals surface area contributed by atoms with Crippen LogP contribution in [0.4, 0.5) is 17.3 Å². The summed E-state index contributed by atoms with van der Waals surface area (Å²) in [6.07, 6.45) is 2.35. The van der Waals surface area contributed by atoms with Crippen LogP contribution in [-0.2, 0) is 0 Å². The number of nitrogens with zero attached hydrogens (tertiary/aromatic N) is 2. The van der Waals surface area contributed by atoms with Crippen LogP contribution in [0.3, 0.4) is 0 Å². The molecular formula is C27H27BF4N2. The molecule has 1 aliphatic rings. The predicted octanol–water partition coefficient (Wildman–Crippen LogP) is 7.47. The molecule has 0 saturated carbocycles. The minimum atomic E-state index is -6.00. The first-order chi connectivity index (χ1) is 16.2. The Hall–Kier alpha value is -3.35. The van der Waals surface area contributed by atoms with E-state index in [4.69, 9.17) is 0 Å². The van der Waals surface area contributed by atoms with Gasteiger partial charge in [-0.15, -0.1) is 0 Å². The highest BCUT2D eigenvalue weighted by Crippen LogP contribution is 2.31. The van der Waals surface area contributed by atoms with E-state index in [9.17, 15) is 17.3 Å². The molecule has 0 bridgehead atoms. The van der Waals surface area contributed by atoms with Crippen molar-refractivity contribution in [3.63, 3.8) is 0 Å². The molecule has 34 heavy (non-hydrogen) atoms. The fraction of sp³-hybridized carbons (Fsp3) is 0.222. The number of hydrogen-bond donors (Lipinski definition) is 0. The van der Waals surface area contributed by atoms with E-state index >= 15 is 0 Å². The van der Waals surface area contributed by atoms with Crippen LogP contribution in [0, 0.1) is 0 Å². The zero-order chi connectivity index (χ0) is 24.3. The SMILES string of the molecule is C[C@H](c1cccc2ccccc12)N1C=[N+]([C@H](C)c2cccc3ccccc23)CC1.F[B-](F)(F)F. The summed E-state index contributed by atoms with van der Waals surface area (Å²) in [6.45, 7) is 6.76. The van der Waals surface area contributed by atoms with Crippen molar-refractivity contribution in [3.05, 3.63) is 96.1 Å². The standard InChI is InChI=1S/C27H27N2.BF4/c1-20(24-15-7-11-22-9-3-5-13-26(22)24)28-17-18-29(19-28)21(2)25-16-8-12-23-10-4-6-14-27(23)25;2-1(3,4)5/h3-16,19-21H,17-18H2,1-2H3;/q+1;-1/t20-,21-;/m1./s1. The lowest BCUT2D eigenvalue weighted by atomic mass is 9.99. The van der Waals surface area contributed by atoms with Gasteiger partial charge in [-0.05, 0) is 35.4 Å². The Labute approximate surface area is 197 Å². The summed E-state index contributed by atoms with van der Waals surface area (Å²) in [5.41, 5.74) is 2.80. The summed E-state index contributed by atoms with van der Waals surface area (Å²) in [7, 11) is -6.00. The van der Waals surface area contributed by atoms with Crippen LogP contribution < -0.4 is 0 Å². The highest BCUT2D eigenvalue weighted by atomic mass is 19.5. The molecule has 2 atom stereocenters. The lowest BCUT2D eigenvalue weighted by Gasteiger charge is -2.18. The summed E-state index contributed by atoms with van der Waals surface area (Å²) in [5, 5.41) is 5.35. The molecule has 0 amide bonds. The van der Waals surface area contributed by atoms with Gasteiger partial charge in [0.2, 0.25) is 6.34 Å². The third kappa shape index (κ3) is 5.41. The molecular weight excluding hydrogens is 439 g/mol. The Kier molecular flexibility index (Phi) is 6.91. The van der Waals surface area contributed by atoms with Crippen molar-refractivity contribution in [2.24, 2.45) is 0 Å². The van der Waals surface area contributed by atoms with Gasteiger partial charge in [0.15, 0.2) is 0 Å². The molecule has 1 aliphatic heterocycles. The van der Waals surface area contributed by atoms with Crippen molar-refractivity contribution in [3.8, 4) is 0 Å². The lowest BCUT2D eigenvalue weighted by molar-refractivity contribution is -0.555. The molecule has 0 saturated heterocycles. The van der Waals surface area contributed by atoms with Crippen LogP contribution in [0.5, 0.6) is 0 Å². The number of halogens is 4. The van der Waals surface area contributed by atoms with Crippen molar-refractivity contribution in [1.82, 2.24) is 4.90 Å². The van der Waals surface area contributed by atoms with Crippen molar-refractivity contribution < 1.29 is 21.8 Å². The molecule has 1 heterocycles. The van der Waals surface area contributed by atoms with Crippen LogP contribution in [0.25, 0.3) is 21.5 Å². The quantitative estimate of drug-likeness (QED) is 0.172. The number of rotatable bonds is 4. The molecule has 4 aromatic carbocycles. The second-order valence-electron chi connectivity index (χ2n) is 8.57. The molecule has 0 N–H and O–H groups in total. The molecule has 5 rings (SSSR count). The minimum Gasteiger partial charge on any atom is -0.418 e. The van der Waals surface area contributed by atoms with Crippen molar-refractivity contribution >= 4 is 35.1 Å². The van der Waals surface area contributed by atoms with E-state index in [2.05, 4.69) is 115 Å². The largest absolute Gasteiger partial charge is 0.673 e. The van der Waals surface area contributed by atoms with Crippen LogP contribution in [-0.4, -0.2) is 36.2 Å². The van der Waals surface area contributed by atoms with Gasteiger partial charge >= 0.3 is 7.25 Å². The van der Waals surface area contributed by atoms with Gasteiger partial charge in [0.1, 0.15) is 25.2 Å². The van der Waals surface area contributed by atoms with Crippen LogP contribution in [0.2, 0.25) is 0 Å². The molecule has 0 radical (unpaired) electrons. The fourth-order valence-corrected chi connectivity index (χ4v) is 4.71. The maximum Gasteiger partial charge on any atom is 0.673 e. The van der Waals surface area contributed by atoms with E-state index in [0.717, 1.165) is 13.1 Å². The van der Waals surface area contributed by atoms with Gasteiger partial charge in [-0.25, -0.2) is 0 Å². The summed E-state index contributed by atoms with van der Waals surface area (Å²) in [4.78, 5) is 2.49. The molecule has 0 spiro atoms. The lowest BCUT2D eigenvalue weighted by Crippen LogP contribution is -2.23. The topological polar surface area (TPSA) is 6.25 Å². The average Bonchev–Trinajstić information content (AvgIpc) is 3.32. The summed E-state index contributed by atoms with van der Waals surface area (Å²) in [6, 6.07) is 31.4. The van der Waals surface area contributed by atoms with E-state index in [1.54, 1.807) is 0 Å².